The molecule has 0 atom stereocenters. The number of fused-ring (bicyclic) bond motifs is 6. The van der Waals surface area contributed by atoms with Gasteiger partial charge in [0, 0.05) is 102 Å². The molecule has 0 aliphatic carbocycles. The second-order valence-corrected chi connectivity index (χ2v) is 28.4. The van der Waals surface area contributed by atoms with Crippen LogP contribution in [0.1, 0.15) is 88.7 Å². The minimum atomic E-state index is -0.597. The van der Waals surface area contributed by atoms with Gasteiger partial charge in [-0.25, -0.2) is 48.9 Å². The van der Waals surface area contributed by atoms with Crippen LogP contribution >= 0.6 is 0 Å². The number of methoxy groups -OCH3 is 5. The topological polar surface area (TPSA) is 516 Å². The number of phenols is 1. The van der Waals surface area contributed by atoms with Gasteiger partial charge >= 0.3 is 29.8 Å². The molecule has 0 unspecified atom stereocenters. The van der Waals surface area contributed by atoms with E-state index in [1.807, 2.05) is 54.7 Å². The van der Waals surface area contributed by atoms with Crippen molar-refractivity contribution in [2.45, 2.75) is 6.42 Å². The fraction of sp³-hybridized carbons (Fsp3) is 0.0938. The Balaban J connectivity index is 0.000000134. The summed E-state index contributed by atoms with van der Waals surface area (Å²) in [6.45, 7) is 0.490. The summed E-state index contributed by atoms with van der Waals surface area (Å²) in [5.74, 6) is -1.93. The number of nitrogens with two attached hydrogens (primary N) is 2. The molecule has 0 aliphatic heterocycles. The number of aromatic hydroxyl groups is 1. The fourth-order valence-electron chi connectivity index (χ4n) is 13.3. The SMILES string of the molecule is COC(=O)c1cccc(N)c1O.COC(=O)c1cccc2nc(-c3ccc(N)cc3)oc12.COC(=O)c1cccc2nc(-c3ccc(NC(=O)c4ccnn4C)cc3)oc12.COC(=O)c1cccc2nc(-c3ccc([N+](=O)[O-])cc3)oc12.COC(=O)c1cccc2ncoc12.Cn1nccc1C(=O)Nc1ccc(-c2nc3cccc(C(=O)NCCc4c[nH]c5ccccc45)c3o2)cc1. The Kier molecular flexibility index (Phi) is 28.0. The van der Waals surface area contributed by atoms with Gasteiger partial charge in [0.25, 0.3) is 23.4 Å². The molecule has 9 N–H and O–H groups in total. The van der Waals surface area contributed by atoms with Crippen molar-refractivity contribution in [3.63, 3.8) is 0 Å². The lowest BCUT2D eigenvalue weighted by Crippen LogP contribution is -2.25. The molecule has 133 heavy (non-hydrogen) atoms. The van der Waals surface area contributed by atoms with E-state index in [1.165, 1.54) is 75.6 Å². The quantitative estimate of drug-likeness (QED) is 0.0105. The van der Waals surface area contributed by atoms with Crippen LogP contribution in [0.4, 0.5) is 28.4 Å². The third kappa shape index (κ3) is 20.9. The zero-order valence-corrected chi connectivity index (χ0v) is 71.6. The second kappa shape index (κ2) is 41.2. The predicted octanol–water partition coefficient (Wildman–Crippen LogP) is 16.6. The maximum absolute atomic E-state index is 13.0. The molecule has 8 aromatic heterocycles. The summed E-state index contributed by atoms with van der Waals surface area (Å²) in [4.78, 5) is 130. The molecular weight excluding hydrogens is 1710 g/mol. The van der Waals surface area contributed by atoms with Crippen molar-refractivity contribution in [3.05, 3.63) is 328 Å². The number of aryl methyl sites for hydroxylation is 2. The van der Waals surface area contributed by atoms with Gasteiger partial charge in [0.2, 0.25) is 23.6 Å². The molecule has 19 aromatic rings. The highest BCUT2D eigenvalue weighted by Crippen LogP contribution is 2.34. The summed E-state index contributed by atoms with van der Waals surface area (Å²) < 4.78 is 54.4. The molecule has 19 rings (SSSR count). The maximum atomic E-state index is 13.0. The zero-order chi connectivity index (χ0) is 93.9. The molecule has 0 bridgehead atoms. The molecule has 0 saturated carbocycles. The number of phenolic OH excluding ortho intramolecular Hbond substituents is 1. The first-order valence-electron chi connectivity index (χ1n) is 40.0. The highest BCUT2D eigenvalue weighted by atomic mass is 16.6. The molecule has 668 valence electrons. The van der Waals surface area contributed by atoms with E-state index < -0.39 is 34.8 Å². The largest absolute Gasteiger partial charge is 0.505 e. The van der Waals surface area contributed by atoms with Crippen LogP contribution < -0.4 is 27.4 Å². The third-order valence-corrected chi connectivity index (χ3v) is 20.1. The number of aromatic amines is 1. The number of oxazole rings is 5. The molecular formula is C96H78N16O21. The number of amides is 3. The Morgan fingerprint density at radius 3 is 1.21 bits per heavy atom. The van der Waals surface area contributed by atoms with Crippen LogP contribution in [0.3, 0.4) is 0 Å². The Morgan fingerprint density at radius 1 is 0.429 bits per heavy atom. The second-order valence-electron chi connectivity index (χ2n) is 28.4. The van der Waals surface area contributed by atoms with Crippen LogP contribution in [-0.4, -0.2) is 149 Å². The normalized spacial score (nSPS) is 10.7. The number of H-pyrrole nitrogens is 1. The highest BCUT2D eigenvalue weighted by molar-refractivity contribution is 6.07. The number of ether oxygens (including phenoxy) is 5. The number of nitro groups is 1. The van der Waals surface area contributed by atoms with Gasteiger partial charge in [-0.05, 0) is 188 Å². The number of hydrogen-bond donors (Lipinski definition) is 7. The third-order valence-electron chi connectivity index (χ3n) is 20.1. The summed E-state index contributed by atoms with van der Waals surface area (Å²) in [5, 5.41) is 37.7. The number of rotatable bonds is 18. The van der Waals surface area contributed by atoms with Gasteiger partial charge in [0.1, 0.15) is 66.8 Å². The molecule has 3 amide bonds. The summed E-state index contributed by atoms with van der Waals surface area (Å²) in [6.07, 6.45) is 7.13. The number of carbonyl (C=O) groups excluding carboxylic acids is 8. The number of hydrogen-bond acceptors (Lipinski definition) is 30. The maximum Gasteiger partial charge on any atom is 0.341 e. The molecule has 0 saturated heterocycles. The number of non-ortho nitro benzene ring substituents is 1. The summed E-state index contributed by atoms with van der Waals surface area (Å²) in [7, 11) is 9.92. The number of aromatic nitrogens is 10. The zero-order valence-electron chi connectivity index (χ0n) is 71.6. The molecule has 37 nitrogen and oxygen atoms in total. The van der Waals surface area contributed by atoms with E-state index in [2.05, 4.69) is 71.6 Å². The summed E-state index contributed by atoms with van der Waals surface area (Å²) in [5.41, 5.74) is 25.9. The van der Waals surface area contributed by atoms with Crippen molar-refractivity contribution in [1.82, 2.24) is 54.8 Å². The smallest absolute Gasteiger partial charge is 0.341 e. The lowest BCUT2D eigenvalue weighted by atomic mass is 10.1. The van der Waals surface area contributed by atoms with E-state index in [-0.39, 0.29) is 51.9 Å². The van der Waals surface area contributed by atoms with E-state index in [9.17, 15) is 53.6 Å². The average molecular weight is 1790 g/mol. The number of nitrogens with zero attached hydrogens (tertiary/aromatic N) is 10. The first kappa shape index (κ1) is 90.5. The molecule has 0 aliphatic rings. The number of benzene rings is 11. The average Bonchev–Trinajstić information content (AvgIpc) is 1.65. The van der Waals surface area contributed by atoms with E-state index in [0.29, 0.717) is 148 Å². The molecule has 11 aromatic carbocycles. The van der Waals surface area contributed by atoms with E-state index >= 15 is 0 Å². The Hall–Kier alpha value is -18.7. The number of para-hydroxylation sites is 7. The molecule has 0 spiro atoms. The molecule has 0 fully saturated rings. The number of anilines is 4. The lowest BCUT2D eigenvalue weighted by molar-refractivity contribution is -0.384. The summed E-state index contributed by atoms with van der Waals surface area (Å²) >= 11 is 0. The number of nitrogen functional groups attached to an aromatic ring is 2. The summed E-state index contributed by atoms with van der Waals surface area (Å²) in [6, 6.07) is 68.8. The van der Waals surface area contributed by atoms with Crippen LogP contribution in [0.25, 0.3) is 112 Å². The number of carbonyl (C=O) groups is 8. The predicted molar refractivity (Wildman–Crippen MR) is 489 cm³/mol. The van der Waals surface area contributed by atoms with Crippen LogP contribution in [-0.2, 0) is 44.2 Å². The molecule has 8 heterocycles. The van der Waals surface area contributed by atoms with Crippen molar-refractivity contribution in [2.75, 3.05) is 64.2 Å². The van der Waals surface area contributed by atoms with Crippen molar-refractivity contribution in [1.29, 1.82) is 0 Å². The first-order valence-corrected chi connectivity index (χ1v) is 40.0. The van der Waals surface area contributed by atoms with Crippen molar-refractivity contribution in [2.24, 2.45) is 14.1 Å². The first-order chi connectivity index (χ1) is 64.4. The molecule has 0 radical (unpaired) electrons. The van der Waals surface area contributed by atoms with Crippen LogP contribution in [0.5, 0.6) is 5.75 Å². The van der Waals surface area contributed by atoms with Crippen molar-refractivity contribution < 1.29 is 94.2 Å². The van der Waals surface area contributed by atoms with Gasteiger partial charge in [-0.2, -0.15) is 10.2 Å². The Bertz CT molecular complexity index is 7510. The standard InChI is InChI=1S/C29H24N6O3.C20H16N4O4.C15H10N2O5.C15H12N2O3.C9H7NO3.C8H9NO3/c1-35-25(14-16-32-35)28(37)33-20-11-9-18(10-12-20)29-34-24-8-4-6-22(26(24)38-29)27(36)30-15-13-19-17-31-23-7-3-2-5-21(19)23;1-24-16(10-11-21-24)18(25)22-13-8-6-12(7-9-13)19-23-15-5-3-4-14(17(15)28-19)20(26)27-2;1-21-15(18)11-3-2-4-12-13(11)22-14(16-12)9-5-7-10(8-6-9)17(19)20;1-19-15(18)11-3-2-4-12-13(11)20-14(17-12)9-5-7-10(16)8-6-9;1-12-9(11)6-3-2-4-7-8(6)13-5-10-7;1-12-8(11)5-3-2-4-6(9)7(5)10/h2-12,14,16-17,31H,13,15H2,1H3,(H,30,36)(H,33,37);3-11H,1-2H3,(H,22,25);2-8H,1H3;2-8H,16H2,1H3;2-5H,1H3;2-4,10H,9H2,1H3. The Labute approximate surface area is 752 Å². The van der Waals surface area contributed by atoms with E-state index in [0.717, 1.165) is 27.6 Å². The van der Waals surface area contributed by atoms with Gasteiger partial charge in [0.05, 0.1) is 51.7 Å². The van der Waals surface area contributed by atoms with Gasteiger partial charge in [0.15, 0.2) is 40.1 Å². The molecule has 37 heteroatoms. The van der Waals surface area contributed by atoms with Crippen molar-refractivity contribution in [3.8, 4) is 51.6 Å². The Morgan fingerprint density at radius 2 is 0.797 bits per heavy atom. The number of esters is 5. The van der Waals surface area contributed by atoms with Gasteiger partial charge in [-0.3, -0.25) is 33.9 Å². The fourth-order valence-corrected chi connectivity index (χ4v) is 13.3. The van der Waals surface area contributed by atoms with Crippen LogP contribution in [0.15, 0.2) is 290 Å². The van der Waals surface area contributed by atoms with Gasteiger partial charge < -0.3 is 83.3 Å². The van der Waals surface area contributed by atoms with Crippen LogP contribution in [0, 0.1) is 10.1 Å². The number of nitro benzene ring substituents is 1. The minimum absolute atomic E-state index is 0.0184. The minimum Gasteiger partial charge on any atom is -0.505 e. The van der Waals surface area contributed by atoms with E-state index in [1.54, 1.807) is 190 Å². The van der Waals surface area contributed by atoms with Gasteiger partial charge in [-0.15, -0.1) is 0 Å². The lowest BCUT2D eigenvalue weighted by Gasteiger charge is -2.06. The van der Waals surface area contributed by atoms with Crippen molar-refractivity contribution >= 4 is 142 Å². The van der Waals surface area contributed by atoms with Gasteiger partial charge in [-0.1, -0.05) is 54.6 Å². The highest BCUT2D eigenvalue weighted by Gasteiger charge is 2.24. The monoisotopic (exact) mass is 1790 g/mol. The van der Waals surface area contributed by atoms with E-state index in [4.69, 9.17) is 47.8 Å². The number of nitrogens with one attached hydrogen (secondary N) is 4. The van der Waals surface area contributed by atoms with Crippen LogP contribution in [0.2, 0.25) is 0 Å².